The number of halogens is 1. The molecule has 1 aliphatic heterocycles. The highest BCUT2D eigenvalue weighted by atomic mass is 32.1. The lowest BCUT2D eigenvalue weighted by Gasteiger charge is -2.26. The van der Waals surface area contributed by atoms with Gasteiger partial charge in [-0.15, -0.1) is 0 Å². The number of nitrogens with one attached hydrogen (secondary N) is 1. The molecular weight excluding hydrogens is 465 g/mol. The third-order valence-electron chi connectivity index (χ3n) is 6.00. The number of carbonyl (C=O) groups is 1. The fourth-order valence-electron chi connectivity index (χ4n) is 4.28. The Morgan fingerprint density at radius 3 is 2.71 bits per heavy atom. The number of methoxy groups -OCH3 is 1. The van der Waals surface area contributed by atoms with Gasteiger partial charge >= 0.3 is 5.97 Å². The number of furan rings is 1. The van der Waals surface area contributed by atoms with Gasteiger partial charge in [-0.1, -0.05) is 18.2 Å². The molecule has 0 bridgehead atoms. The van der Waals surface area contributed by atoms with Crippen LogP contribution in [0, 0.1) is 12.7 Å². The van der Waals surface area contributed by atoms with Crippen molar-refractivity contribution in [2.75, 3.05) is 12.0 Å². The molecule has 0 spiro atoms. The Hall–Kier alpha value is -4.04. The van der Waals surface area contributed by atoms with E-state index in [1.54, 1.807) is 43.5 Å². The summed E-state index contributed by atoms with van der Waals surface area (Å²) in [5, 5.41) is 3.85. The maximum atomic E-state index is 14.0. The highest BCUT2D eigenvalue weighted by Gasteiger charge is 2.42. The molecular formula is C27H22FN3O3S. The number of ether oxygens (including phenoxy) is 1. The molecule has 4 aromatic rings. The van der Waals surface area contributed by atoms with Crippen LogP contribution in [0.1, 0.15) is 39.5 Å². The van der Waals surface area contributed by atoms with Crippen LogP contribution < -0.4 is 10.2 Å². The zero-order valence-corrected chi connectivity index (χ0v) is 19.9. The van der Waals surface area contributed by atoms with Crippen molar-refractivity contribution in [3.8, 4) is 11.3 Å². The Morgan fingerprint density at radius 1 is 1.11 bits per heavy atom. The number of esters is 1. The zero-order valence-electron chi connectivity index (χ0n) is 19.1. The molecule has 0 amide bonds. The van der Waals surface area contributed by atoms with Crippen molar-refractivity contribution in [1.29, 1.82) is 0 Å². The molecule has 6 nitrogen and oxygen atoms in total. The number of aryl methyl sites for hydroxylation is 1. The minimum atomic E-state index is -0.419. The number of benzene rings is 2. The van der Waals surface area contributed by atoms with Crippen LogP contribution in [0.3, 0.4) is 0 Å². The molecule has 176 valence electrons. The topological polar surface area (TPSA) is 67.6 Å². The molecule has 35 heavy (non-hydrogen) atoms. The van der Waals surface area contributed by atoms with E-state index in [4.69, 9.17) is 21.4 Å². The Kier molecular flexibility index (Phi) is 6.05. The van der Waals surface area contributed by atoms with E-state index in [1.165, 1.54) is 13.2 Å². The first-order chi connectivity index (χ1) is 17.0. The van der Waals surface area contributed by atoms with E-state index in [-0.39, 0.29) is 17.9 Å². The van der Waals surface area contributed by atoms with E-state index in [1.807, 2.05) is 41.3 Å². The van der Waals surface area contributed by atoms with Crippen molar-refractivity contribution in [2.24, 2.45) is 0 Å². The van der Waals surface area contributed by atoms with Crippen LogP contribution in [0.2, 0.25) is 0 Å². The molecule has 3 heterocycles. The number of pyridine rings is 1. The number of carbonyl (C=O) groups excluding carboxylic acids is 1. The summed E-state index contributed by atoms with van der Waals surface area (Å²) in [6.45, 7) is 1.72. The average Bonchev–Trinajstić information content (AvgIpc) is 3.50. The van der Waals surface area contributed by atoms with E-state index < -0.39 is 5.97 Å². The fourth-order valence-corrected chi connectivity index (χ4v) is 4.63. The summed E-state index contributed by atoms with van der Waals surface area (Å²) in [4.78, 5) is 18.4. The van der Waals surface area contributed by atoms with Gasteiger partial charge in [0.1, 0.15) is 23.4 Å². The van der Waals surface area contributed by atoms with Crippen molar-refractivity contribution in [3.63, 3.8) is 0 Å². The smallest absolute Gasteiger partial charge is 0.337 e. The van der Waals surface area contributed by atoms with E-state index in [9.17, 15) is 9.18 Å². The maximum absolute atomic E-state index is 14.0. The lowest BCUT2D eigenvalue weighted by atomic mass is 10.0. The molecule has 1 saturated heterocycles. The Balaban J connectivity index is 1.58. The first-order valence-corrected chi connectivity index (χ1v) is 11.4. The van der Waals surface area contributed by atoms with Crippen LogP contribution in [-0.4, -0.2) is 23.2 Å². The molecule has 5 rings (SSSR count). The number of hydrogen-bond donors (Lipinski definition) is 1. The summed E-state index contributed by atoms with van der Waals surface area (Å²) in [7, 11) is 1.35. The van der Waals surface area contributed by atoms with Crippen molar-refractivity contribution in [2.45, 2.75) is 19.0 Å². The third-order valence-corrected chi connectivity index (χ3v) is 6.32. The van der Waals surface area contributed by atoms with Gasteiger partial charge in [-0.25, -0.2) is 9.18 Å². The molecule has 2 aromatic carbocycles. The Bertz CT molecular complexity index is 1410. The summed E-state index contributed by atoms with van der Waals surface area (Å²) in [6, 6.07) is 20.7. The summed E-state index contributed by atoms with van der Waals surface area (Å²) in [5.74, 6) is 0.541. The molecule has 1 aliphatic rings. The minimum absolute atomic E-state index is 0.282. The van der Waals surface area contributed by atoms with Gasteiger partial charge in [-0.2, -0.15) is 0 Å². The first kappa shape index (κ1) is 22.7. The molecule has 0 radical (unpaired) electrons. The van der Waals surface area contributed by atoms with E-state index in [0.29, 0.717) is 27.8 Å². The van der Waals surface area contributed by atoms with Crippen LogP contribution in [0.15, 0.2) is 83.4 Å². The van der Waals surface area contributed by atoms with E-state index in [0.717, 1.165) is 16.9 Å². The average molecular weight is 488 g/mol. The van der Waals surface area contributed by atoms with Crippen LogP contribution in [0.4, 0.5) is 10.1 Å². The number of aromatic nitrogens is 1. The lowest BCUT2D eigenvalue weighted by Crippen LogP contribution is -2.29. The normalized spacial score (nSPS) is 17.3. The lowest BCUT2D eigenvalue weighted by molar-refractivity contribution is 0.0601. The van der Waals surface area contributed by atoms with Gasteiger partial charge in [-0.3, -0.25) is 4.98 Å². The van der Waals surface area contributed by atoms with Crippen LogP contribution >= 0.6 is 12.2 Å². The largest absolute Gasteiger partial charge is 0.465 e. The second-order valence-electron chi connectivity index (χ2n) is 8.20. The van der Waals surface area contributed by atoms with Crippen molar-refractivity contribution in [3.05, 3.63) is 107 Å². The Morgan fingerprint density at radius 2 is 1.97 bits per heavy atom. The van der Waals surface area contributed by atoms with Crippen molar-refractivity contribution < 1.29 is 18.3 Å². The van der Waals surface area contributed by atoms with Gasteiger partial charge in [0, 0.05) is 17.4 Å². The number of anilines is 1. The van der Waals surface area contributed by atoms with Crippen LogP contribution in [-0.2, 0) is 4.74 Å². The molecule has 1 N–H and O–H groups in total. The minimum Gasteiger partial charge on any atom is -0.465 e. The monoisotopic (exact) mass is 487 g/mol. The predicted octanol–water partition coefficient (Wildman–Crippen LogP) is 5.75. The molecule has 0 saturated carbocycles. The fraction of sp³-hybridized carbons (Fsp3) is 0.148. The van der Waals surface area contributed by atoms with Gasteiger partial charge < -0.3 is 19.4 Å². The van der Waals surface area contributed by atoms with Crippen molar-refractivity contribution >= 4 is 29.0 Å². The van der Waals surface area contributed by atoms with Crippen LogP contribution in [0.25, 0.3) is 11.3 Å². The highest BCUT2D eigenvalue weighted by molar-refractivity contribution is 7.80. The predicted molar refractivity (Wildman–Crippen MR) is 135 cm³/mol. The highest BCUT2D eigenvalue weighted by Crippen LogP contribution is 2.43. The number of rotatable bonds is 5. The van der Waals surface area contributed by atoms with Gasteiger partial charge in [0.2, 0.25) is 0 Å². The van der Waals surface area contributed by atoms with Gasteiger partial charge in [0.15, 0.2) is 5.11 Å². The molecule has 1 fully saturated rings. The maximum Gasteiger partial charge on any atom is 0.337 e. The zero-order chi connectivity index (χ0) is 24.5. The summed E-state index contributed by atoms with van der Waals surface area (Å²) in [5.41, 5.74) is 3.24. The van der Waals surface area contributed by atoms with Crippen molar-refractivity contribution in [1.82, 2.24) is 10.3 Å². The van der Waals surface area contributed by atoms with Gasteiger partial charge in [0.05, 0.1) is 24.4 Å². The van der Waals surface area contributed by atoms with E-state index in [2.05, 4.69) is 10.3 Å². The van der Waals surface area contributed by atoms with Gasteiger partial charge in [-0.05, 0) is 79.3 Å². The quantitative estimate of drug-likeness (QED) is 0.284. The molecule has 0 aliphatic carbocycles. The molecule has 2 aromatic heterocycles. The second-order valence-corrected chi connectivity index (χ2v) is 8.59. The first-order valence-electron chi connectivity index (χ1n) is 11.0. The number of nitrogens with zero attached hydrogens (tertiary/aromatic N) is 2. The SMILES string of the molecule is COC(=O)c1cccc(-c2ccc(C3C(c4ccccn4)NC(=S)N3c3ccc(F)c(C)c3)o2)c1. The summed E-state index contributed by atoms with van der Waals surface area (Å²) < 4.78 is 25.2. The molecule has 8 heteroatoms. The number of thiocarbonyl (C=S) groups is 1. The standard InChI is InChI=1S/C27H22FN3O3S/c1-16-14-19(9-10-20(16)28)31-25(24(30-27(31)35)21-8-3-4-13-29-21)23-12-11-22(34-23)17-6-5-7-18(15-17)26(32)33-2/h3-15,24-25H,1-2H3,(H,30,35). The summed E-state index contributed by atoms with van der Waals surface area (Å²) >= 11 is 5.71. The third kappa shape index (κ3) is 4.28. The molecule has 2 unspecified atom stereocenters. The van der Waals surface area contributed by atoms with Crippen LogP contribution in [0.5, 0.6) is 0 Å². The Labute approximate surface area is 207 Å². The molecule has 2 atom stereocenters. The van der Waals surface area contributed by atoms with E-state index >= 15 is 0 Å². The second kappa shape index (κ2) is 9.31. The summed E-state index contributed by atoms with van der Waals surface area (Å²) in [6.07, 6.45) is 1.73. The number of hydrogen-bond acceptors (Lipinski definition) is 5. The van der Waals surface area contributed by atoms with Gasteiger partial charge in [0.25, 0.3) is 0 Å².